The second-order valence-electron chi connectivity index (χ2n) is 4.45. The van der Waals surface area contributed by atoms with Gasteiger partial charge in [0.05, 0.1) is 12.5 Å². The summed E-state index contributed by atoms with van der Waals surface area (Å²) in [5, 5.41) is 6.96. The number of hydrogen-bond donors (Lipinski definition) is 1. The number of aryl methyl sites for hydroxylation is 1. The fourth-order valence-electron chi connectivity index (χ4n) is 2.01. The first kappa shape index (κ1) is 12.3. The number of rotatable bonds is 4. The van der Waals surface area contributed by atoms with Crippen molar-refractivity contribution in [2.75, 3.05) is 6.54 Å². The number of amides is 1. The van der Waals surface area contributed by atoms with Gasteiger partial charge in [0.2, 0.25) is 0 Å². The minimum absolute atomic E-state index is 0.166. The van der Waals surface area contributed by atoms with Gasteiger partial charge in [-0.2, -0.15) is 5.10 Å². The largest absolute Gasteiger partial charge is 0.351 e. The fourth-order valence-corrected chi connectivity index (χ4v) is 2.01. The Morgan fingerprint density at radius 1 is 1.40 bits per heavy atom. The minimum atomic E-state index is -0.166. The molecule has 0 spiro atoms. The predicted molar refractivity (Wildman–Crippen MR) is 72.2 cm³/mol. The van der Waals surface area contributed by atoms with Crippen molar-refractivity contribution in [3.05, 3.63) is 48.4 Å². The number of aromatic nitrogens is 5. The van der Waals surface area contributed by atoms with E-state index in [1.54, 1.807) is 35.5 Å². The van der Waals surface area contributed by atoms with E-state index in [9.17, 15) is 4.79 Å². The standard InChI is InChI=1S/C13H14N6O/c1-18-9-14-7-10(18)3-5-16-13(20)11-8-17-19-6-2-4-15-12(11)19/h2,4,6-9H,3,5H2,1H3,(H,16,20). The number of hydrogen-bond acceptors (Lipinski definition) is 4. The molecule has 20 heavy (non-hydrogen) atoms. The maximum atomic E-state index is 12.1. The summed E-state index contributed by atoms with van der Waals surface area (Å²) in [6, 6.07) is 1.77. The highest BCUT2D eigenvalue weighted by atomic mass is 16.1. The van der Waals surface area contributed by atoms with Crippen LogP contribution in [0.4, 0.5) is 0 Å². The lowest BCUT2D eigenvalue weighted by molar-refractivity contribution is 0.0955. The number of nitrogens with one attached hydrogen (secondary N) is 1. The van der Waals surface area contributed by atoms with Crippen molar-refractivity contribution in [1.82, 2.24) is 29.5 Å². The number of imidazole rings is 1. The fraction of sp³-hybridized carbons (Fsp3) is 0.231. The lowest BCUT2D eigenvalue weighted by atomic mass is 10.3. The van der Waals surface area contributed by atoms with E-state index in [1.165, 1.54) is 6.20 Å². The van der Waals surface area contributed by atoms with Gasteiger partial charge in [-0.1, -0.05) is 0 Å². The molecule has 0 atom stereocenters. The van der Waals surface area contributed by atoms with E-state index in [0.29, 0.717) is 17.8 Å². The zero-order chi connectivity index (χ0) is 13.9. The molecular weight excluding hydrogens is 256 g/mol. The number of fused-ring (bicyclic) bond motifs is 1. The zero-order valence-electron chi connectivity index (χ0n) is 11.0. The quantitative estimate of drug-likeness (QED) is 0.746. The van der Waals surface area contributed by atoms with E-state index in [-0.39, 0.29) is 5.91 Å². The van der Waals surface area contributed by atoms with Gasteiger partial charge in [0.25, 0.3) is 5.91 Å². The minimum Gasteiger partial charge on any atom is -0.351 e. The second kappa shape index (κ2) is 5.12. The maximum Gasteiger partial charge on any atom is 0.256 e. The molecule has 0 saturated heterocycles. The molecule has 7 heteroatoms. The molecule has 0 saturated carbocycles. The molecule has 3 aromatic heterocycles. The number of carbonyl (C=O) groups is 1. The van der Waals surface area contributed by atoms with E-state index < -0.39 is 0 Å². The summed E-state index contributed by atoms with van der Waals surface area (Å²) in [6.07, 6.45) is 9.20. The highest BCUT2D eigenvalue weighted by Gasteiger charge is 2.12. The highest BCUT2D eigenvalue weighted by Crippen LogP contribution is 2.06. The van der Waals surface area contributed by atoms with Crippen molar-refractivity contribution < 1.29 is 4.79 Å². The number of carbonyl (C=O) groups excluding carboxylic acids is 1. The molecule has 0 aliphatic heterocycles. The summed E-state index contributed by atoms with van der Waals surface area (Å²) in [5.41, 5.74) is 2.12. The van der Waals surface area contributed by atoms with Crippen LogP contribution in [-0.4, -0.2) is 36.6 Å². The van der Waals surface area contributed by atoms with Crippen LogP contribution in [0.2, 0.25) is 0 Å². The molecule has 102 valence electrons. The van der Waals surface area contributed by atoms with E-state index >= 15 is 0 Å². The van der Waals surface area contributed by atoms with Crippen LogP contribution in [0, 0.1) is 0 Å². The Balaban J connectivity index is 1.66. The Labute approximate surface area is 115 Å². The van der Waals surface area contributed by atoms with Crippen LogP contribution in [-0.2, 0) is 13.5 Å². The van der Waals surface area contributed by atoms with Crippen LogP contribution < -0.4 is 5.32 Å². The molecule has 0 unspecified atom stereocenters. The third kappa shape index (κ3) is 2.25. The van der Waals surface area contributed by atoms with Gasteiger partial charge in [0.1, 0.15) is 5.56 Å². The molecule has 3 aromatic rings. The maximum absolute atomic E-state index is 12.1. The Bertz CT molecular complexity index is 744. The molecule has 0 fully saturated rings. The van der Waals surface area contributed by atoms with Gasteiger partial charge in [-0.25, -0.2) is 14.5 Å². The lowest BCUT2D eigenvalue weighted by Crippen LogP contribution is -2.26. The average molecular weight is 270 g/mol. The second-order valence-corrected chi connectivity index (χ2v) is 4.45. The summed E-state index contributed by atoms with van der Waals surface area (Å²) in [7, 11) is 1.93. The Morgan fingerprint density at radius 3 is 3.10 bits per heavy atom. The van der Waals surface area contributed by atoms with E-state index in [1.807, 2.05) is 11.6 Å². The molecule has 1 N–H and O–H groups in total. The normalized spacial score (nSPS) is 10.8. The molecule has 0 aliphatic carbocycles. The van der Waals surface area contributed by atoms with Crippen molar-refractivity contribution in [2.24, 2.45) is 7.05 Å². The first-order valence-corrected chi connectivity index (χ1v) is 6.27. The summed E-state index contributed by atoms with van der Waals surface area (Å²) in [6.45, 7) is 0.544. The van der Waals surface area contributed by atoms with Crippen molar-refractivity contribution in [2.45, 2.75) is 6.42 Å². The average Bonchev–Trinajstić information content (AvgIpc) is 3.05. The predicted octanol–water partition coefficient (Wildman–Crippen LogP) is 0.435. The van der Waals surface area contributed by atoms with Gasteiger partial charge in [0, 0.05) is 44.3 Å². The van der Waals surface area contributed by atoms with Gasteiger partial charge in [0.15, 0.2) is 5.65 Å². The highest BCUT2D eigenvalue weighted by molar-refractivity contribution is 5.99. The molecule has 0 bridgehead atoms. The molecule has 1 amide bonds. The number of nitrogens with zero attached hydrogens (tertiary/aromatic N) is 5. The Morgan fingerprint density at radius 2 is 2.30 bits per heavy atom. The van der Waals surface area contributed by atoms with Crippen molar-refractivity contribution in [1.29, 1.82) is 0 Å². The van der Waals surface area contributed by atoms with Crippen LogP contribution in [0.25, 0.3) is 5.65 Å². The molecule has 3 rings (SSSR count). The first-order valence-electron chi connectivity index (χ1n) is 6.27. The van der Waals surface area contributed by atoms with Crippen LogP contribution >= 0.6 is 0 Å². The lowest BCUT2D eigenvalue weighted by Gasteiger charge is -2.04. The molecule has 3 heterocycles. The van der Waals surface area contributed by atoms with Crippen molar-refractivity contribution in [3.8, 4) is 0 Å². The van der Waals surface area contributed by atoms with E-state index in [0.717, 1.165) is 12.1 Å². The zero-order valence-corrected chi connectivity index (χ0v) is 11.0. The molecule has 7 nitrogen and oxygen atoms in total. The summed E-state index contributed by atoms with van der Waals surface area (Å²) in [4.78, 5) is 20.3. The molecule has 0 radical (unpaired) electrons. The third-order valence-electron chi connectivity index (χ3n) is 3.11. The summed E-state index contributed by atoms with van der Waals surface area (Å²) in [5.74, 6) is -0.166. The smallest absolute Gasteiger partial charge is 0.256 e. The Kier molecular flexibility index (Phi) is 3.16. The summed E-state index contributed by atoms with van der Waals surface area (Å²) >= 11 is 0. The molecule has 0 aliphatic rings. The van der Waals surface area contributed by atoms with Crippen LogP contribution in [0.3, 0.4) is 0 Å². The van der Waals surface area contributed by atoms with Gasteiger partial charge in [-0.3, -0.25) is 4.79 Å². The first-order chi connectivity index (χ1) is 9.75. The third-order valence-corrected chi connectivity index (χ3v) is 3.11. The SMILES string of the molecule is Cn1cncc1CCNC(=O)c1cnn2cccnc12. The monoisotopic (exact) mass is 270 g/mol. The molecular formula is C13H14N6O. The van der Waals surface area contributed by atoms with Crippen LogP contribution in [0.5, 0.6) is 0 Å². The van der Waals surface area contributed by atoms with E-state index in [4.69, 9.17) is 0 Å². The van der Waals surface area contributed by atoms with Gasteiger partial charge in [-0.05, 0) is 6.07 Å². The van der Waals surface area contributed by atoms with Gasteiger partial charge in [-0.15, -0.1) is 0 Å². The van der Waals surface area contributed by atoms with Crippen molar-refractivity contribution >= 4 is 11.6 Å². The van der Waals surface area contributed by atoms with E-state index in [2.05, 4.69) is 20.4 Å². The van der Waals surface area contributed by atoms with Crippen molar-refractivity contribution in [3.63, 3.8) is 0 Å². The topological polar surface area (TPSA) is 77.1 Å². The Hall–Kier alpha value is -2.70. The molecule has 0 aromatic carbocycles. The van der Waals surface area contributed by atoms with Gasteiger partial charge < -0.3 is 9.88 Å². The summed E-state index contributed by atoms with van der Waals surface area (Å²) < 4.78 is 3.51. The van der Waals surface area contributed by atoms with Crippen LogP contribution in [0.15, 0.2) is 37.2 Å². The van der Waals surface area contributed by atoms with Crippen LogP contribution in [0.1, 0.15) is 16.1 Å². The van der Waals surface area contributed by atoms with Gasteiger partial charge >= 0.3 is 0 Å².